The van der Waals surface area contributed by atoms with Gasteiger partial charge < -0.3 is 9.88 Å². The third-order valence-corrected chi connectivity index (χ3v) is 4.29. The Hall–Kier alpha value is -2.40. The first-order valence-corrected chi connectivity index (χ1v) is 7.89. The lowest BCUT2D eigenvalue weighted by Gasteiger charge is -2.34. The van der Waals surface area contributed by atoms with Gasteiger partial charge in [-0.05, 0) is 24.1 Å². The van der Waals surface area contributed by atoms with Gasteiger partial charge in [0.15, 0.2) is 0 Å². The van der Waals surface area contributed by atoms with Crippen LogP contribution >= 0.6 is 0 Å². The van der Waals surface area contributed by atoms with Crippen LogP contribution in [0.4, 0.5) is 0 Å². The van der Waals surface area contributed by atoms with Gasteiger partial charge in [0.1, 0.15) is 5.56 Å². The van der Waals surface area contributed by atoms with E-state index in [0.29, 0.717) is 13.1 Å². The summed E-state index contributed by atoms with van der Waals surface area (Å²) in [7, 11) is 0. The van der Waals surface area contributed by atoms with Gasteiger partial charge in [0.05, 0.1) is 0 Å². The summed E-state index contributed by atoms with van der Waals surface area (Å²) in [6, 6.07) is 12.1. The Labute approximate surface area is 135 Å². The summed E-state index contributed by atoms with van der Waals surface area (Å²) in [4.78, 5) is 31.2. The number of amides is 1. The summed E-state index contributed by atoms with van der Waals surface area (Å²) in [5.41, 5.74) is 1.97. The molecular formula is C18H21N3O2. The van der Waals surface area contributed by atoms with Crippen LogP contribution in [0.5, 0.6) is 0 Å². The van der Waals surface area contributed by atoms with E-state index >= 15 is 0 Å². The maximum absolute atomic E-state index is 12.6. The molecule has 3 rings (SSSR count). The molecule has 1 aromatic heterocycles. The number of aromatic amines is 1. The van der Waals surface area contributed by atoms with Crippen molar-refractivity contribution in [1.29, 1.82) is 0 Å². The maximum atomic E-state index is 12.6. The molecule has 0 bridgehead atoms. The van der Waals surface area contributed by atoms with Crippen LogP contribution in [0.2, 0.25) is 0 Å². The summed E-state index contributed by atoms with van der Waals surface area (Å²) < 4.78 is 0. The highest BCUT2D eigenvalue weighted by Crippen LogP contribution is 2.11. The molecule has 1 aliphatic rings. The monoisotopic (exact) mass is 311 g/mol. The van der Waals surface area contributed by atoms with E-state index in [1.54, 1.807) is 24.1 Å². The van der Waals surface area contributed by atoms with Crippen molar-refractivity contribution in [3.63, 3.8) is 0 Å². The number of H-pyrrole nitrogens is 1. The van der Waals surface area contributed by atoms with Crippen LogP contribution in [0.1, 0.15) is 21.5 Å². The molecule has 0 aliphatic carbocycles. The fourth-order valence-electron chi connectivity index (χ4n) is 2.95. The summed E-state index contributed by atoms with van der Waals surface area (Å²) in [6.45, 7) is 5.65. The van der Waals surface area contributed by atoms with Crippen LogP contribution in [0, 0.1) is 6.92 Å². The SMILES string of the molecule is Cc1cc[nH]c(=O)c1C(=O)N1CCN(Cc2ccccc2)CC1. The van der Waals surface area contributed by atoms with Gasteiger partial charge in [-0.2, -0.15) is 0 Å². The molecule has 120 valence electrons. The molecule has 1 amide bonds. The van der Waals surface area contributed by atoms with Crippen molar-refractivity contribution in [3.8, 4) is 0 Å². The number of rotatable bonds is 3. The summed E-state index contributed by atoms with van der Waals surface area (Å²) in [5, 5.41) is 0. The van der Waals surface area contributed by atoms with Gasteiger partial charge in [0.25, 0.3) is 11.5 Å². The Morgan fingerprint density at radius 3 is 2.43 bits per heavy atom. The highest BCUT2D eigenvalue weighted by atomic mass is 16.2. The van der Waals surface area contributed by atoms with E-state index < -0.39 is 0 Å². The molecule has 1 N–H and O–H groups in total. The number of carbonyl (C=O) groups is 1. The number of hydrogen-bond acceptors (Lipinski definition) is 3. The average molecular weight is 311 g/mol. The second-order valence-corrected chi connectivity index (χ2v) is 5.92. The lowest BCUT2D eigenvalue weighted by molar-refractivity contribution is 0.0626. The molecular weight excluding hydrogens is 290 g/mol. The van der Waals surface area contributed by atoms with E-state index in [9.17, 15) is 9.59 Å². The van der Waals surface area contributed by atoms with Crippen molar-refractivity contribution in [2.24, 2.45) is 0 Å². The molecule has 1 saturated heterocycles. The number of aromatic nitrogens is 1. The minimum absolute atomic E-state index is 0.163. The summed E-state index contributed by atoms with van der Waals surface area (Å²) in [5.74, 6) is -0.163. The zero-order valence-corrected chi connectivity index (χ0v) is 13.3. The van der Waals surface area contributed by atoms with E-state index in [4.69, 9.17) is 0 Å². The van der Waals surface area contributed by atoms with Crippen LogP contribution < -0.4 is 5.56 Å². The third kappa shape index (κ3) is 3.51. The molecule has 0 radical (unpaired) electrons. The number of pyridine rings is 1. The van der Waals surface area contributed by atoms with Gasteiger partial charge in [0, 0.05) is 38.9 Å². The van der Waals surface area contributed by atoms with Gasteiger partial charge in [-0.3, -0.25) is 14.5 Å². The van der Waals surface area contributed by atoms with Crippen molar-refractivity contribution < 1.29 is 4.79 Å². The van der Waals surface area contributed by atoms with Crippen molar-refractivity contribution in [3.05, 3.63) is 69.6 Å². The predicted octanol–water partition coefficient (Wildman–Crippen LogP) is 1.64. The summed E-state index contributed by atoms with van der Waals surface area (Å²) in [6.07, 6.45) is 1.58. The van der Waals surface area contributed by atoms with E-state index in [1.807, 2.05) is 18.2 Å². The molecule has 1 aliphatic heterocycles. The first kappa shape index (κ1) is 15.5. The minimum Gasteiger partial charge on any atom is -0.336 e. The van der Waals surface area contributed by atoms with Gasteiger partial charge >= 0.3 is 0 Å². The second kappa shape index (κ2) is 6.79. The molecule has 2 aromatic rings. The lowest BCUT2D eigenvalue weighted by Crippen LogP contribution is -2.49. The van der Waals surface area contributed by atoms with Crippen LogP contribution in [0.15, 0.2) is 47.4 Å². The number of carbonyl (C=O) groups excluding carboxylic acids is 1. The van der Waals surface area contributed by atoms with E-state index in [1.165, 1.54) is 5.56 Å². The van der Waals surface area contributed by atoms with Crippen LogP contribution in [0.25, 0.3) is 0 Å². The van der Waals surface area contributed by atoms with Crippen molar-refractivity contribution in [2.75, 3.05) is 26.2 Å². The third-order valence-electron chi connectivity index (χ3n) is 4.29. The molecule has 0 spiro atoms. The average Bonchev–Trinajstić information content (AvgIpc) is 2.56. The van der Waals surface area contributed by atoms with Crippen LogP contribution in [-0.2, 0) is 6.54 Å². The number of nitrogens with one attached hydrogen (secondary N) is 1. The predicted molar refractivity (Wildman–Crippen MR) is 89.4 cm³/mol. The van der Waals surface area contributed by atoms with E-state index in [-0.39, 0.29) is 17.0 Å². The lowest BCUT2D eigenvalue weighted by atomic mass is 10.1. The quantitative estimate of drug-likeness (QED) is 0.937. The number of benzene rings is 1. The molecule has 0 unspecified atom stereocenters. The molecule has 0 atom stereocenters. The standard InChI is InChI=1S/C18H21N3O2/c1-14-7-8-19-17(22)16(14)18(23)21-11-9-20(10-12-21)13-15-5-3-2-4-6-15/h2-8H,9-13H2,1H3,(H,19,22). The molecule has 2 heterocycles. The minimum atomic E-state index is -0.304. The van der Waals surface area contributed by atoms with Crippen LogP contribution in [0.3, 0.4) is 0 Å². The molecule has 1 fully saturated rings. The highest BCUT2D eigenvalue weighted by Gasteiger charge is 2.24. The number of nitrogens with zero attached hydrogens (tertiary/aromatic N) is 2. The fourth-order valence-corrected chi connectivity index (χ4v) is 2.95. The zero-order chi connectivity index (χ0) is 16.2. The first-order chi connectivity index (χ1) is 11.1. The molecule has 5 nitrogen and oxygen atoms in total. The first-order valence-electron chi connectivity index (χ1n) is 7.89. The van der Waals surface area contributed by atoms with Gasteiger partial charge in [-0.15, -0.1) is 0 Å². The van der Waals surface area contributed by atoms with Gasteiger partial charge in [-0.1, -0.05) is 30.3 Å². The molecule has 23 heavy (non-hydrogen) atoms. The van der Waals surface area contributed by atoms with Crippen LogP contribution in [-0.4, -0.2) is 46.9 Å². The van der Waals surface area contributed by atoms with Crippen molar-refractivity contribution in [1.82, 2.24) is 14.8 Å². The van der Waals surface area contributed by atoms with Crippen molar-refractivity contribution >= 4 is 5.91 Å². The Morgan fingerprint density at radius 1 is 1.09 bits per heavy atom. The number of piperazine rings is 1. The maximum Gasteiger partial charge on any atom is 0.261 e. The summed E-state index contributed by atoms with van der Waals surface area (Å²) >= 11 is 0. The second-order valence-electron chi connectivity index (χ2n) is 5.92. The van der Waals surface area contributed by atoms with Gasteiger partial charge in [-0.25, -0.2) is 0 Å². The Kier molecular flexibility index (Phi) is 4.57. The molecule has 5 heteroatoms. The van der Waals surface area contributed by atoms with E-state index in [2.05, 4.69) is 22.0 Å². The smallest absolute Gasteiger partial charge is 0.261 e. The molecule has 1 aromatic carbocycles. The van der Waals surface area contributed by atoms with E-state index in [0.717, 1.165) is 25.2 Å². The Bertz CT molecular complexity index is 731. The normalized spacial score (nSPS) is 15.6. The Morgan fingerprint density at radius 2 is 1.78 bits per heavy atom. The number of hydrogen-bond donors (Lipinski definition) is 1. The molecule has 0 saturated carbocycles. The number of aryl methyl sites for hydroxylation is 1. The zero-order valence-electron chi connectivity index (χ0n) is 13.3. The Balaban J connectivity index is 1.63. The van der Waals surface area contributed by atoms with Gasteiger partial charge in [0.2, 0.25) is 0 Å². The fraction of sp³-hybridized carbons (Fsp3) is 0.333. The largest absolute Gasteiger partial charge is 0.336 e. The highest BCUT2D eigenvalue weighted by molar-refractivity contribution is 5.95. The topological polar surface area (TPSA) is 56.4 Å². The van der Waals surface area contributed by atoms with Crippen molar-refractivity contribution in [2.45, 2.75) is 13.5 Å².